The van der Waals surface area contributed by atoms with Crippen molar-refractivity contribution in [3.63, 3.8) is 0 Å². The number of para-hydroxylation sites is 1. The maximum atomic E-state index is 12.5. The van der Waals surface area contributed by atoms with E-state index in [2.05, 4.69) is 16.5 Å². The zero-order valence-electron chi connectivity index (χ0n) is 12.5. The summed E-state index contributed by atoms with van der Waals surface area (Å²) < 4.78 is 2.06. The van der Waals surface area contributed by atoms with Crippen molar-refractivity contribution in [2.24, 2.45) is 5.92 Å². The van der Waals surface area contributed by atoms with Crippen LogP contribution < -0.4 is 0 Å². The van der Waals surface area contributed by atoms with Crippen molar-refractivity contribution in [1.82, 2.24) is 9.55 Å². The molecule has 1 aromatic carbocycles. The highest BCUT2D eigenvalue weighted by Gasteiger charge is 2.18. The lowest BCUT2D eigenvalue weighted by Crippen LogP contribution is -2.06. The topological polar surface area (TPSA) is 34.9 Å². The van der Waals surface area contributed by atoms with E-state index in [4.69, 9.17) is 0 Å². The van der Waals surface area contributed by atoms with Gasteiger partial charge < -0.3 is 4.57 Å². The fourth-order valence-corrected chi connectivity index (χ4v) is 2.59. The van der Waals surface area contributed by atoms with E-state index >= 15 is 0 Å². The molecule has 0 amide bonds. The predicted octanol–water partition coefficient (Wildman–Crippen LogP) is 4.17. The second kappa shape index (κ2) is 5.17. The zero-order chi connectivity index (χ0) is 15.0. The maximum absolute atomic E-state index is 12.5. The Labute approximate surface area is 124 Å². The Morgan fingerprint density at radius 3 is 2.67 bits per heavy atom. The standard InChI is InChI=1S/C18H18N2O/c1-12(2)18(21)15-11-20(16-7-5-4-6-14(15)16)17-10-19-9-8-13(17)3/h4-12H,1-3H3. The van der Waals surface area contributed by atoms with Gasteiger partial charge in [0.05, 0.1) is 17.4 Å². The van der Waals surface area contributed by atoms with E-state index in [0.29, 0.717) is 0 Å². The number of fused-ring (bicyclic) bond motifs is 1. The van der Waals surface area contributed by atoms with Crippen molar-refractivity contribution in [2.75, 3.05) is 0 Å². The van der Waals surface area contributed by atoms with Gasteiger partial charge in [-0.25, -0.2) is 0 Å². The second-order valence-electron chi connectivity index (χ2n) is 5.61. The number of rotatable bonds is 3. The third-order valence-corrected chi connectivity index (χ3v) is 3.77. The van der Waals surface area contributed by atoms with Gasteiger partial charge in [-0.05, 0) is 24.6 Å². The van der Waals surface area contributed by atoms with Crippen molar-refractivity contribution in [1.29, 1.82) is 0 Å². The van der Waals surface area contributed by atoms with Crippen molar-refractivity contribution in [3.05, 3.63) is 60.0 Å². The van der Waals surface area contributed by atoms with Crippen LogP contribution in [0.4, 0.5) is 0 Å². The molecule has 3 nitrogen and oxygen atoms in total. The number of carbonyl (C=O) groups is 1. The summed E-state index contributed by atoms with van der Waals surface area (Å²) in [6.07, 6.45) is 5.56. The van der Waals surface area contributed by atoms with E-state index in [1.165, 1.54) is 0 Å². The summed E-state index contributed by atoms with van der Waals surface area (Å²) in [4.78, 5) is 16.7. The maximum Gasteiger partial charge on any atom is 0.167 e. The molecule has 106 valence electrons. The Morgan fingerprint density at radius 1 is 1.19 bits per heavy atom. The predicted molar refractivity (Wildman–Crippen MR) is 85.0 cm³/mol. The molecule has 0 N–H and O–H groups in total. The SMILES string of the molecule is Cc1ccncc1-n1cc(C(=O)C(C)C)c2ccccc21. The number of aryl methyl sites for hydroxylation is 1. The first-order chi connectivity index (χ1) is 10.1. The molecular formula is C18H18N2O. The van der Waals surface area contributed by atoms with Crippen molar-refractivity contribution in [3.8, 4) is 5.69 Å². The Morgan fingerprint density at radius 2 is 1.95 bits per heavy atom. The molecule has 0 unspecified atom stereocenters. The highest BCUT2D eigenvalue weighted by atomic mass is 16.1. The molecule has 0 spiro atoms. The number of hydrogen-bond donors (Lipinski definition) is 0. The average molecular weight is 278 g/mol. The first-order valence-corrected chi connectivity index (χ1v) is 7.15. The summed E-state index contributed by atoms with van der Waals surface area (Å²) in [5.41, 5.74) is 3.97. The summed E-state index contributed by atoms with van der Waals surface area (Å²) in [5, 5.41) is 0.999. The van der Waals surface area contributed by atoms with Gasteiger partial charge in [0.25, 0.3) is 0 Å². The number of carbonyl (C=O) groups excluding carboxylic acids is 1. The van der Waals surface area contributed by atoms with Crippen LogP contribution in [-0.2, 0) is 0 Å². The summed E-state index contributed by atoms with van der Waals surface area (Å²) in [6.45, 7) is 5.92. The molecule has 0 saturated carbocycles. The van der Waals surface area contributed by atoms with E-state index < -0.39 is 0 Å². The molecule has 0 atom stereocenters. The summed E-state index contributed by atoms with van der Waals surface area (Å²) >= 11 is 0. The average Bonchev–Trinajstić information content (AvgIpc) is 2.86. The molecule has 0 aliphatic rings. The number of aromatic nitrogens is 2. The van der Waals surface area contributed by atoms with Crippen molar-refractivity contribution < 1.29 is 4.79 Å². The number of nitrogens with zero attached hydrogens (tertiary/aromatic N) is 2. The van der Waals surface area contributed by atoms with E-state index in [-0.39, 0.29) is 11.7 Å². The minimum atomic E-state index is -0.0146. The van der Waals surface area contributed by atoms with E-state index in [1.807, 2.05) is 56.6 Å². The monoisotopic (exact) mass is 278 g/mol. The molecule has 0 fully saturated rings. The fraction of sp³-hybridized carbons (Fsp3) is 0.222. The normalized spacial score (nSPS) is 11.2. The van der Waals surface area contributed by atoms with Gasteiger partial charge in [0, 0.05) is 29.3 Å². The molecule has 21 heavy (non-hydrogen) atoms. The van der Waals surface area contributed by atoms with Crippen LogP contribution in [0.1, 0.15) is 29.8 Å². The van der Waals surface area contributed by atoms with Crippen LogP contribution in [0.5, 0.6) is 0 Å². The van der Waals surface area contributed by atoms with Gasteiger partial charge in [-0.15, -0.1) is 0 Å². The summed E-state index contributed by atoms with van der Waals surface area (Å²) in [6, 6.07) is 9.99. The van der Waals surface area contributed by atoms with Crippen LogP contribution in [-0.4, -0.2) is 15.3 Å². The third-order valence-electron chi connectivity index (χ3n) is 3.77. The van der Waals surface area contributed by atoms with Crippen LogP contribution in [0.25, 0.3) is 16.6 Å². The van der Waals surface area contributed by atoms with E-state index in [1.54, 1.807) is 6.20 Å². The van der Waals surface area contributed by atoms with Crippen LogP contribution in [0.3, 0.4) is 0 Å². The third kappa shape index (κ3) is 2.25. The van der Waals surface area contributed by atoms with Crippen molar-refractivity contribution in [2.45, 2.75) is 20.8 Å². The second-order valence-corrected chi connectivity index (χ2v) is 5.61. The zero-order valence-corrected chi connectivity index (χ0v) is 12.5. The Balaban J connectivity index is 2.30. The lowest BCUT2D eigenvalue weighted by molar-refractivity contribution is 0.0941. The Kier molecular flexibility index (Phi) is 3.34. The molecule has 3 rings (SSSR count). The molecule has 0 bridgehead atoms. The first-order valence-electron chi connectivity index (χ1n) is 7.15. The highest BCUT2D eigenvalue weighted by molar-refractivity contribution is 6.09. The minimum Gasteiger partial charge on any atom is -0.314 e. The van der Waals surface area contributed by atoms with Gasteiger partial charge in [-0.3, -0.25) is 9.78 Å². The quantitative estimate of drug-likeness (QED) is 0.674. The van der Waals surface area contributed by atoms with Gasteiger partial charge in [0.1, 0.15) is 0 Å². The molecule has 0 radical (unpaired) electrons. The molecule has 0 saturated heterocycles. The summed E-state index contributed by atoms with van der Waals surface area (Å²) in [5.74, 6) is 0.158. The lowest BCUT2D eigenvalue weighted by atomic mass is 10.0. The molecule has 0 aliphatic heterocycles. The summed E-state index contributed by atoms with van der Waals surface area (Å²) in [7, 11) is 0. The van der Waals surface area contributed by atoms with E-state index in [0.717, 1.165) is 27.7 Å². The Hall–Kier alpha value is -2.42. The number of Topliss-reactive ketones (excluding diaryl/α,β-unsaturated/α-hetero) is 1. The Bertz CT molecular complexity index is 815. The number of hydrogen-bond acceptors (Lipinski definition) is 2. The van der Waals surface area contributed by atoms with Crippen LogP contribution in [0.2, 0.25) is 0 Å². The smallest absolute Gasteiger partial charge is 0.167 e. The molecular weight excluding hydrogens is 260 g/mol. The van der Waals surface area contributed by atoms with Gasteiger partial charge in [-0.2, -0.15) is 0 Å². The molecule has 2 heterocycles. The molecule has 2 aromatic heterocycles. The van der Waals surface area contributed by atoms with Crippen molar-refractivity contribution >= 4 is 16.7 Å². The van der Waals surface area contributed by atoms with Crippen LogP contribution in [0, 0.1) is 12.8 Å². The van der Waals surface area contributed by atoms with Crippen LogP contribution in [0.15, 0.2) is 48.9 Å². The number of benzene rings is 1. The van der Waals surface area contributed by atoms with Gasteiger partial charge in [-0.1, -0.05) is 32.0 Å². The molecule has 0 aliphatic carbocycles. The number of pyridine rings is 1. The van der Waals surface area contributed by atoms with Gasteiger partial charge >= 0.3 is 0 Å². The first kappa shape index (κ1) is 13.6. The van der Waals surface area contributed by atoms with E-state index in [9.17, 15) is 4.79 Å². The lowest BCUT2D eigenvalue weighted by Gasteiger charge is -2.07. The van der Waals surface area contributed by atoms with Gasteiger partial charge in [0.15, 0.2) is 5.78 Å². The molecule has 3 heteroatoms. The molecule has 3 aromatic rings. The van der Waals surface area contributed by atoms with Gasteiger partial charge in [0.2, 0.25) is 0 Å². The fourth-order valence-electron chi connectivity index (χ4n) is 2.59. The number of ketones is 1. The largest absolute Gasteiger partial charge is 0.314 e. The minimum absolute atomic E-state index is 0.0146. The van der Waals surface area contributed by atoms with Crippen LogP contribution >= 0.6 is 0 Å². The highest BCUT2D eigenvalue weighted by Crippen LogP contribution is 2.27.